The predicted octanol–water partition coefficient (Wildman–Crippen LogP) is 6.91. The van der Waals surface area contributed by atoms with Crippen LogP contribution < -0.4 is 15.4 Å². The van der Waals surface area contributed by atoms with Gasteiger partial charge in [0, 0.05) is 10.2 Å². The molecule has 0 atom stereocenters. The molecule has 0 aliphatic rings. The molecule has 0 fully saturated rings. The largest absolute Gasteiger partial charge is 0.493 e. The van der Waals surface area contributed by atoms with Gasteiger partial charge in [0.15, 0.2) is 0 Å². The van der Waals surface area contributed by atoms with Crippen molar-refractivity contribution in [3.63, 3.8) is 0 Å². The van der Waals surface area contributed by atoms with Crippen molar-refractivity contribution in [2.45, 2.75) is 32.6 Å². The van der Waals surface area contributed by atoms with Crippen LogP contribution in [0.1, 0.15) is 53.3 Å². The molecule has 166 valence electrons. The van der Waals surface area contributed by atoms with Gasteiger partial charge in [-0.3, -0.25) is 9.59 Å². The topological polar surface area (TPSA) is 67.4 Å². The molecule has 3 rings (SSSR count). The van der Waals surface area contributed by atoms with Gasteiger partial charge in [-0.2, -0.15) is 0 Å². The Morgan fingerprint density at radius 1 is 0.812 bits per heavy atom. The lowest BCUT2D eigenvalue weighted by atomic mass is 10.1. The lowest BCUT2D eigenvalue weighted by Crippen LogP contribution is -2.19. The number of para-hydroxylation sites is 2. The summed E-state index contributed by atoms with van der Waals surface area (Å²) in [6.45, 7) is 2.72. The maximum atomic E-state index is 13.1. The Morgan fingerprint density at radius 2 is 1.53 bits per heavy atom. The average molecular weight is 495 g/mol. The second-order valence-corrected chi connectivity index (χ2v) is 8.29. The molecule has 2 N–H and O–H groups in total. The van der Waals surface area contributed by atoms with Crippen LogP contribution in [0.2, 0.25) is 0 Å². The fraction of sp³-hybridized carbons (Fsp3) is 0.231. The van der Waals surface area contributed by atoms with Crippen LogP contribution in [0, 0.1) is 0 Å². The molecule has 0 radical (unpaired) electrons. The number of hydrogen-bond acceptors (Lipinski definition) is 3. The van der Waals surface area contributed by atoms with Crippen LogP contribution in [0.3, 0.4) is 0 Å². The Kier molecular flexibility index (Phi) is 8.87. The van der Waals surface area contributed by atoms with Gasteiger partial charge < -0.3 is 15.4 Å². The van der Waals surface area contributed by atoms with Crippen molar-refractivity contribution in [2.24, 2.45) is 0 Å². The summed E-state index contributed by atoms with van der Waals surface area (Å²) in [7, 11) is 0. The quantitative estimate of drug-likeness (QED) is 0.300. The number of rotatable bonds is 10. The average Bonchev–Trinajstić information content (AvgIpc) is 2.80. The molecule has 0 spiro atoms. The highest BCUT2D eigenvalue weighted by Crippen LogP contribution is 2.26. The summed E-state index contributed by atoms with van der Waals surface area (Å²) >= 11 is 3.43. The van der Waals surface area contributed by atoms with Gasteiger partial charge in [0.2, 0.25) is 0 Å². The van der Waals surface area contributed by atoms with Gasteiger partial charge in [-0.05, 0) is 48.9 Å². The minimum absolute atomic E-state index is 0.297. The van der Waals surface area contributed by atoms with E-state index in [0.29, 0.717) is 34.9 Å². The number of halogens is 1. The summed E-state index contributed by atoms with van der Waals surface area (Å²) in [5, 5.41) is 5.73. The SMILES string of the molecule is CCCCCCOc1ccc(Br)cc1C(=O)Nc1ccccc1C(=O)Nc1ccccc1. The molecule has 0 saturated carbocycles. The second-order valence-electron chi connectivity index (χ2n) is 7.37. The van der Waals surface area contributed by atoms with Gasteiger partial charge in [0.1, 0.15) is 5.75 Å². The minimum Gasteiger partial charge on any atom is -0.493 e. The zero-order chi connectivity index (χ0) is 22.8. The van der Waals surface area contributed by atoms with Crippen LogP contribution in [0.5, 0.6) is 5.75 Å². The van der Waals surface area contributed by atoms with Crippen molar-refractivity contribution in [2.75, 3.05) is 17.2 Å². The molecular weight excluding hydrogens is 468 g/mol. The third kappa shape index (κ3) is 6.69. The molecule has 0 aliphatic heterocycles. The van der Waals surface area contributed by atoms with E-state index in [1.807, 2.05) is 36.4 Å². The monoisotopic (exact) mass is 494 g/mol. The maximum Gasteiger partial charge on any atom is 0.259 e. The Labute approximate surface area is 197 Å². The number of ether oxygens (including phenoxy) is 1. The van der Waals surface area contributed by atoms with Gasteiger partial charge in [-0.15, -0.1) is 0 Å². The van der Waals surface area contributed by atoms with E-state index in [2.05, 4.69) is 33.5 Å². The zero-order valence-corrected chi connectivity index (χ0v) is 19.7. The first kappa shape index (κ1) is 23.5. The molecule has 0 aliphatic carbocycles. The fourth-order valence-electron chi connectivity index (χ4n) is 3.22. The first-order chi connectivity index (χ1) is 15.6. The Balaban J connectivity index is 1.75. The van der Waals surface area contributed by atoms with Gasteiger partial charge in [0.05, 0.1) is 23.4 Å². The van der Waals surface area contributed by atoms with Crippen LogP contribution in [-0.4, -0.2) is 18.4 Å². The molecule has 0 bridgehead atoms. The maximum absolute atomic E-state index is 13.1. The van der Waals surface area contributed by atoms with E-state index in [1.54, 1.807) is 36.4 Å². The number of nitrogens with one attached hydrogen (secondary N) is 2. The normalized spacial score (nSPS) is 10.4. The molecule has 0 unspecified atom stereocenters. The van der Waals surface area contributed by atoms with Crippen molar-refractivity contribution < 1.29 is 14.3 Å². The van der Waals surface area contributed by atoms with Crippen LogP contribution >= 0.6 is 15.9 Å². The number of carbonyl (C=O) groups is 2. The van der Waals surface area contributed by atoms with E-state index < -0.39 is 0 Å². The fourth-order valence-corrected chi connectivity index (χ4v) is 3.58. The molecule has 0 aromatic heterocycles. The number of carbonyl (C=O) groups excluding carboxylic acids is 2. The van der Waals surface area contributed by atoms with Gasteiger partial charge in [0.25, 0.3) is 11.8 Å². The third-order valence-electron chi connectivity index (χ3n) is 4.89. The van der Waals surface area contributed by atoms with Crippen molar-refractivity contribution in [1.29, 1.82) is 0 Å². The van der Waals surface area contributed by atoms with Crippen LogP contribution in [0.4, 0.5) is 11.4 Å². The third-order valence-corrected chi connectivity index (χ3v) is 5.39. The summed E-state index contributed by atoms with van der Waals surface area (Å²) in [6.07, 6.45) is 4.36. The lowest BCUT2D eigenvalue weighted by Gasteiger charge is -2.14. The Hall–Kier alpha value is -3.12. The van der Waals surface area contributed by atoms with Crippen LogP contribution in [-0.2, 0) is 0 Å². The highest BCUT2D eigenvalue weighted by molar-refractivity contribution is 9.10. The first-order valence-electron chi connectivity index (χ1n) is 10.8. The summed E-state index contributed by atoms with van der Waals surface area (Å²) in [5.41, 5.74) is 1.90. The molecule has 0 saturated heterocycles. The van der Waals surface area contributed by atoms with E-state index >= 15 is 0 Å². The second kappa shape index (κ2) is 12.1. The van der Waals surface area contributed by atoms with Crippen molar-refractivity contribution in [3.8, 4) is 5.75 Å². The number of anilines is 2. The summed E-state index contributed by atoms with van der Waals surface area (Å²) in [4.78, 5) is 25.9. The standard InChI is InChI=1S/C26H27BrN2O3/c1-2-3-4-10-17-32-24-16-15-19(27)18-22(24)26(31)29-23-14-9-8-13-21(23)25(30)28-20-11-6-5-7-12-20/h5-9,11-16,18H,2-4,10,17H2,1H3,(H,28,30)(H,29,31). The van der Waals surface area contributed by atoms with Gasteiger partial charge in [-0.25, -0.2) is 0 Å². The molecule has 6 heteroatoms. The van der Waals surface area contributed by atoms with Crippen molar-refractivity contribution in [1.82, 2.24) is 0 Å². The van der Waals surface area contributed by atoms with Gasteiger partial charge in [-0.1, -0.05) is 72.4 Å². The summed E-state index contributed by atoms with van der Waals surface area (Å²) in [5.74, 6) is -0.114. The summed E-state index contributed by atoms with van der Waals surface area (Å²) in [6, 6.07) is 21.5. The smallest absolute Gasteiger partial charge is 0.259 e. The van der Waals surface area contributed by atoms with Crippen molar-refractivity contribution in [3.05, 3.63) is 88.4 Å². The highest BCUT2D eigenvalue weighted by Gasteiger charge is 2.17. The summed E-state index contributed by atoms with van der Waals surface area (Å²) < 4.78 is 6.67. The van der Waals surface area contributed by atoms with Crippen LogP contribution in [0.15, 0.2) is 77.3 Å². The molecule has 0 heterocycles. The zero-order valence-electron chi connectivity index (χ0n) is 18.1. The minimum atomic E-state index is -0.338. The number of hydrogen-bond donors (Lipinski definition) is 2. The van der Waals surface area contributed by atoms with Crippen molar-refractivity contribution >= 4 is 39.1 Å². The molecule has 32 heavy (non-hydrogen) atoms. The molecule has 3 aromatic rings. The van der Waals surface area contributed by atoms with Gasteiger partial charge >= 0.3 is 0 Å². The predicted molar refractivity (Wildman–Crippen MR) is 133 cm³/mol. The molecular formula is C26H27BrN2O3. The van der Waals surface area contributed by atoms with E-state index in [-0.39, 0.29) is 11.8 Å². The van der Waals surface area contributed by atoms with E-state index in [0.717, 1.165) is 23.7 Å². The Bertz CT molecular complexity index is 1050. The number of benzene rings is 3. The van der Waals surface area contributed by atoms with E-state index in [4.69, 9.17) is 4.74 Å². The number of unbranched alkanes of at least 4 members (excludes halogenated alkanes) is 3. The Morgan fingerprint density at radius 3 is 2.31 bits per heavy atom. The van der Waals surface area contributed by atoms with E-state index in [1.165, 1.54) is 6.42 Å². The molecule has 2 amide bonds. The number of amides is 2. The lowest BCUT2D eigenvalue weighted by molar-refractivity contribution is 0.102. The van der Waals surface area contributed by atoms with E-state index in [9.17, 15) is 9.59 Å². The van der Waals surface area contributed by atoms with Crippen LogP contribution in [0.25, 0.3) is 0 Å². The molecule has 5 nitrogen and oxygen atoms in total. The molecule has 3 aromatic carbocycles. The first-order valence-corrected chi connectivity index (χ1v) is 11.6. The highest BCUT2D eigenvalue weighted by atomic mass is 79.9.